The van der Waals surface area contributed by atoms with Crippen molar-refractivity contribution < 1.29 is 23.8 Å². The Hall–Kier alpha value is -3.28. The Morgan fingerprint density at radius 3 is 2.21 bits per heavy atom. The average molecular weight is 454 g/mol. The van der Waals surface area contributed by atoms with Gasteiger partial charge in [0.15, 0.2) is 0 Å². The molecular formula is C27H35NO5. The normalized spacial score (nSPS) is 12.6. The molecule has 0 spiro atoms. The third-order valence-electron chi connectivity index (χ3n) is 4.84. The van der Waals surface area contributed by atoms with E-state index in [0.29, 0.717) is 25.2 Å². The van der Waals surface area contributed by atoms with E-state index in [9.17, 15) is 9.59 Å². The molecule has 0 unspecified atom stereocenters. The first kappa shape index (κ1) is 26.0. The van der Waals surface area contributed by atoms with Gasteiger partial charge in [-0.15, -0.1) is 0 Å². The summed E-state index contributed by atoms with van der Waals surface area (Å²) in [6.45, 7) is 9.70. The van der Waals surface area contributed by atoms with Gasteiger partial charge in [0.05, 0.1) is 12.6 Å². The molecule has 0 N–H and O–H groups in total. The second-order valence-electron chi connectivity index (χ2n) is 8.85. The molecule has 0 saturated carbocycles. The molecule has 0 bridgehead atoms. The summed E-state index contributed by atoms with van der Waals surface area (Å²) in [5.41, 5.74) is 1.92. The van der Waals surface area contributed by atoms with Crippen molar-refractivity contribution in [1.29, 1.82) is 0 Å². The summed E-state index contributed by atoms with van der Waals surface area (Å²) in [4.78, 5) is 26.3. The van der Waals surface area contributed by atoms with E-state index in [-0.39, 0.29) is 6.04 Å². The predicted octanol–water partition coefficient (Wildman–Crippen LogP) is 5.55. The zero-order valence-electron chi connectivity index (χ0n) is 20.5. The fraction of sp³-hybridized carbons (Fsp3) is 0.407. The summed E-state index contributed by atoms with van der Waals surface area (Å²) in [5, 5.41) is 0. The molecule has 0 aliphatic heterocycles. The molecule has 0 aliphatic carbocycles. The lowest BCUT2D eigenvalue weighted by Crippen LogP contribution is -2.41. The van der Waals surface area contributed by atoms with Crippen LogP contribution in [0.3, 0.4) is 0 Å². The molecule has 1 atom stereocenters. The van der Waals surface area contributed by atoms with Gasteiger partial charge in [-0.3, -0.25) is 0 Å². The molecule has 1 amide bonds. The first-order valence-electron chi connectivity index (χ1n) is 11.2. The number of carbonyl (C=O) groups excluding carboxylic acids is 2. The second-order valence-corrected chi connectivity index (χ2v) is 8.85. The Balaban J connectivity index is 2.14. The largest absolute Gasteiger partial charge is 0.489 e. The van der Waals surface area contributed by atoms with Crippen molar-refractivity contribution in [1.82, 2.24) is 4.90 Å². The number of rotatable bonds is 9. The third-order valence-corrected chi connectivity index (χ3v) is 4.84. The van der Waals surface area contributed by atoms with E-state index >= 15 is 0 Å². The SMILES string of the molecule is CCOC(=O)/C(C)=C\[C@@H](Cc1ccc(OCc2ccccc2)cc1)N(C)C(=O)OC(C)(C)C. The van der Waals surface area contributed by atoms with Crippen LogP contribution in [0.5, 0.6) is 5.75 Å². The molecule has 6 heteroatoms. The summed E-state index contributed by atoms with van der Waals surface area (Å²) < 4.78 is 16.5. The van der Waals surface area contributed by atoms with Crippen molar-refractivity contribution in [2.24, 2.45) is 0 Å². The summed E-state index contributed by atoms with van der Waals surface area (Å²) in [6, 6.07) is 17.3. The maximum absolute atomic E-state index is 12.7. The van der Waals surface area contributed by atoms with Crippen molar-refractivity contribution in [3.8, 4) is 5.75 Å². The fourth-order valence-electron chi connectivity index (χ4n) is 3.08. The minimum absolute atomic E-state index is 0.293. The Labute approximate surface area is 197 Å². The van der Waals surface area contributed by atoms with E-state index in [0.717, 1.165) is 16.9 Å². The van der Waals surface area contributed by atoms with Gasteiger partial charge in [0.25, 0.3) is 0 Å². The minimum atomic E-state index is -0.618. The zero-order valence-corrected chi connectivity index (χ0v) is 20.5. The third kappa shape index (κ3) is 9.00. The lowest BCUT2D eigenvalue weighted by molar-refractivity contribution is -0.138. The fourth-order valence-corrected chi connectivity index (χ4v) is 3.08. The van der Waals surface area contributed by atoms with E-state index in [1.54, 1.807) is 27.0 Å². The van der Waals surface area contributed by atoms with E-state index in [4.69, 9.17) is 14.2 Å². The number of ether oxygens (including phenoxy) is 3. The highest BCUT2D eigenvalue weighted by Crippen LogP contribution is 2.19. The van der Waals surface area contributed by atoms with Gasteiger partial charge in [-0.25, -0.2) is 9.59 Å². The lowest BCUT2D eigenvalue weighted by atomic mass is 10.0. The summed E-state index contributed by atoms with van der Waals surface area (Å²) >= 11 is 0. The molecule has 6 nitrogen and oxygen atoms in total. The van der Waals surface area contributed by atoms with Gasteiger partial charge < -0.3 is 19.1 Å². The number of nitrogens with zero attached hydrogens (tertiary/aromatic N) is 1. The molecule has 0 saturated heterocycles. The molecule has 0 aliphatic rings. The van der Waals surface area contributed by atoms with Crippen LogP contribution in [0.1, 0.15) is 45.7 Å². The smallest absolute Gasteiger partial charge is 0.410 e. The number of hydrogen-bond donors (Lipinski definition) is 0. The summed E-state index contributed by atoms with van der Waals surface area (Å²) in [7, 11) is 1.67. The number of benzene rings is 2. The Morgan fingerprint density at radius 2 is 1.64 bits per heavy atom. The van der Waals surface area contributed by atoms with Crippen LogP contribution in [0.4, 0.5) is 4.79 Å². The lowest BCUT2D eigenvalue weighted by Gasteiger charge is -2.29. The van der Waals surface area contributed by atoms with Crippen molar-refractivity contribution in [2.75, 3.05) is 13.7 Å². The monoisotopic (exact) mass is 453 g/mol. The first-order chi connectivity index (χ1) is 15.6. The Morgan fingerprint density at radius 1 is 1.00 bits per heavy atom. The molecule has 2 aromatic carbocycles. The maximum Gasteiger partial charge on any atom is 0.410 e. The van der Waals surface area contributed by atoms with Crippen LogP contribution in [-0.4, -0.2) is 42.3 Å². The zero-order chi connectivity index (χ0) is 24.4. The van der Waals surface area contributed by atoms with E-state index in [2.05, 4.69) is 0 Å². The average Bonchev–Trinajstić information content (AvgIpc) is 2.77. The van der Waals surface area contributed by atoms with Gasteiger partial charge in [0, 0.05) is 12.6 Å². The molecule has 178 valence electrons. The van der Waals surface area contributed by atoms with E-state index in [1.807, 2.05) is 75.4 Å². The van der Waals surface area contributed by atoms with Crippen molar-refractivity contribution in [3.05, 3.63) is 77.4 Å². The quantitative estimate of drug-likeness (QED) is 0.368. The minimum Gasteiger partial charge on any atom is -0.489 e. The highest BCUT2D eigenvalue weighted by Gasteiger charge is 2.25. The van der Waals surface area contributed by atoms with Gasteiger partial charge in [-0.1, -0.05) is 48.5 Å². The number of esters is 1. The number of amides is 1. The van der Waals surface area contributed by atoms with Gasteiger partial charge in [-0.05, 0) is 64.3 Å². The topological polar surface area (TPSA) is 65.1 Å². The summed E-state index contributed by atoms with van der Waals surface area (Å²) in [6.07, 6.45) is 1.80. The van der Waals surface area contributed by atoms with Crippen molar-refractivity contribution >= 4 is 12.1 Å². The molecule has 0 heterocycles. The van der Waals surface area contributed by atoms with Gasteiger partial charge in [0.2, 0.25) is 0 Å². The van der Waals surface area contributed by atoms with E-state index < -0.39 is 17.7 Å². The Bertz CT molecular complexity index is 929. The van der Waals surface area contributed by atoms with Crippen LogP contribution in [0.25, 0.3) is 0 Å². The standard InChI is InChI=1S/C27H35NO5/c1-7-31-25(29)20(2)17-23(28(6)26(30)33-27(3,4)5)18-21-13-15-24(16-14-21)32-19-22-11-9-8-10-12-22/h8-17,23H,7,18-19H2,1-6H3/b20-17-/t23-/m0/s1. The van der Waals surface area contributed by atoms with Gasteiger partial charge in [-0.2, -0.15) is 0 Å². The molecule has 0 fully saturated rings. The molecule has 2 aromatic rings. The number of hydrogen-bond acceptors (Lipinski definition) is 5. The molecule has 0 aromatic heterocycles. The van der Waals surface area contributed by atoms with E-state index in [1.165, 1.54) is 4.90 Å². The predicted molar refractivity (Wildman–Crippen MR) is 129 cm³/mol. The summed E-state index contributed by atoms with van der Waals surface area (Å²) in [5.74, 6) is 0.364. The highest BCUT2D eigenvalue weighted by molar-refractivity contribution is 5.88. The number of carbonyl (C=O) groups is 2. The maximum atomic E-state index is 12.7. The van der Waals surface area contributed by atoms with Crippen LogP contribution < -0.4 is 4.74 Å². The van der Waals surface area contributed by atoms with Crippen LogP contribution in [0.15, 0.2) is 66.2 Å². The second kappa shape index (κ2) is 12.1. The van der Waals surface area contributed by atoms with Crippen molar-refractivity contribution in [3.63, 3.8) is 0 Å². The van der Waals surface area contributed by atoms with Crippen LogP contribution in [-0.2, 0) is 27.3 Å². The molecular weight excluding hydrogens is 418 g/mol. The van der Waals surface area contributed by atoms with Crippen LogP contribution in [0, 0.1) is 0 Å². The van der Waals surface area contributed by atoms with Gasteiger partial charge in [0.1, 0.15) is 18.0 Å². The van der Waals surface area contributed by atoms with Crippen LogP contribution in [0.2, 0.25) is 0 Å². The van der Waals surface area contributed by atoms with Crippen LogP contribution >= 0.6 is 0 Å². The highest BCUT2D eigenvalue weighted by atomic mass is 16.6. The number of likely N-dealkylation sites (N-methyl/N-ethyl adjacent to an activating group) is 1. The molecule has 33 heavy (non-hydrogen) atoms. The van der Waals surface area contributed by atoms with Gasteiger partial charge >= 0.3 is 12.1 Å². The molecule has 0 radical (unpaired) electrons. The molecule has 2 rings (SSSR count). The van der Waals surface area contributed by atoms with Crippen molar-refractivity contribution in [2.45, 2.75) is 59.3 Å². The first-order valence-corrected chi connectivity index (χ1v) is 11.2. The Kier molecular flexibility index (Phi) is 9.52.